The van der Waals surface area contributed by atoms with E-state index in [2.05, 4.69) is 19.2 Å². The highest BCUT2D eigenvalue weighted by molar-refractivity contribution is 5.21. The maximum Gasteiger partial charge on any atom is 0.128 e. The van der Waals surface area contributed by atoms with E-state index < -0.39 is 0 Å². The number of hydrogen-bond donors (Lipinski definition) is 2. The fourth-order valence-electron chi connectivity index (χ4n) is 1.50. The van der Waals surface area contributed by atoms with Crippen LogP contribution in [-0.2, 0) is 0 Å². The van der Waals surface area contributed by atoms with Crippen LogP contribution in [-0.4, -0.2) is 12.6 Å². The van der Waals surface area contributed by atoms with Gasteiger partial charge in [-0.05, 0) is 19.4 Å². The molecule has 0 aromatic heterocycles. The Morgan fingerprint density at radius 1 is 1.40 bits per heavy atom. The lowest BCUT2D eigenvalue weighted by molar-refractivity contribution is 0.437. The van der Waals surface area contributed by atoms with Crippen LogP contribution in [0.5, 0.6) is 0 Å². The van der Waals surface area contributed by atoms with Crippen molar-refractivity contribution in [3.8, 4) is 0 Å². The molecule has 0 bridgehead atoms. The Balaban J connectivity index is 2.78. The Labute approximate surface area is 90.7 Å². The van der Waals surface area contributed by atoms with Crippen molar-refractivity contribution < 1.29 is 4.39 Å². The molecule has 15 heavy (non-hydrogen) atoms. The Morgan fingerprint density at radius 2 is 2.07 bits per heavy atom. The second-order valence-corrected chi connectivity index (χ2v) is 3.79. The van der Waals surface area contributed by atoms with Crippen molar-refractivity contribution in [2.75, 3.05) is 6.54 Å². The molecule has 0 saturated carbocycles. The molecule has 0 aliphatic carbocycles. The van der Waals surface area contributed by atoms with Crippen LogP contribution in [0.25, 0.3) is 0 Å². The van der Waals surface area contributed by atoms with E-state index in [4.69, 9.17) is 5.73 Å². The molecule has 0 heterocycles. The highest BCUT2D eigenvalue weighted by Crippen LogP contribution is 2.16. The first-order chi connectivity index (χ1) is 7.19. The molecule has 3 N–H and O–H groups in total. The highest BCUT2D eigenvalue weighted by Gasteiger charge is 2.14. The molecule has 0 spiro atoms. The fraction of sp³-hybridized carbons (Fsp3) is 0.500. The zero-order valence-corrected chi connectivity index (χ0v) is 9.33. The summed E-state index contributed by atoms with van der Waals surface area (Å²) < 4.78 is 13.5. The smallest absolute Gasteiger partial charge is 0.128 e. The minimum absolute atomic E-state index is 0.0962. The quantitative estimate of drug-likeness (QED) is 0.782. The number of nitrogens with two attached hydrogens (primary N) is 1. The third-order valence-electron chi connectivity index (χ3n) is 2.61. The minimum Gasteiger partial charge on any atom is -0.329 e. The second-order valence-electron chi connectivity index (χ2n) is 3.79. The van der Waals surface area contributed by atoms with Gasteiger partial charge in [-0.2, -0.15) is 0 Å². The van der Waals surface area contributed by atoms with Crippen LogP contribution in [0, 0.1) is 5.82 Å². The second kappa shape index (κ2) is 5.83. The molecule has 2 unspecified atom stereocenters. The molecule has 0 radical (unpaired) electrons. The molecule has 3 heteroatoms. The van der Waals surface area contributed by atoms with Gasteiger partial charge in [-0.1, -0.05) is 25.1 Å². The fourth-order valence-corrected chi connectivity index (χ4v) is 1.50. The molecular formula is C12H19FN2. The predicted octanol–water partition coefficient (Wildman–Crippen LogP) is 2.21. The van der Waals surface area contributed by atoms with E-state index in [0.29, 0.717) is 18.2 Å². The summed E-state index contributed by atoms with van der Waals surface area (Å²) in [6, 6.07) is 7.02. The standard InChI is InChI=1S/C12H19FN2/c1-3-9(2)15-12(8-14)10-6-4-5-7-11(10)13/h4-7,9,12,15H,3,8,14H2,1-2H3. The molecule has 84 valence electrons. The molecule has 1 rings (SSSR count). The molecule has 1 aromatic rings. The van der Waals surface area contributed by atoms with E-state index in [-0.39, 0.29) is 11.9 Å². The Kier molecular flexibility index (Phi) is 4.72. The lowest BCUT2D eigenvalue weighted by atomic mass is 10.0. The van der Waals surface area contributed by atoms with Gasteiger partial charge >= 0.3 is 0 Å². The van der Waals surface area contributed by atoms with Gasteiger partial charge < -0.3 is 11.1 Å². The summed E-state index contributed by atoms with van der Waals surface area (Å²) >= 11 is 0. The van der Waals surface area contributed by atoms with Gasteiger partial charge in [0.05, 0.1) is 0 Å². The summed E-state index contributed by atoms with van der Waals surface area (Å²) in [5.41, 5.74) is 6.30. The van der Waals surface area contributed by atoms with Crippen molar-refractivity contribution in [2.45, 2.75) is 32.4 Å². The SMILES string of the molecule is CCC(C)NC(CN)c1ccccc1F. The monoisotopic (exact) mass is 210 g/mol. The zero-order chi connectivity index (χ0) is 11.3. The van der Waals surface area contributed by atoms with Gasteiger partial charge in [-0.3, -0.25) is 0 Å². The summed E-state index contributed by atoms with van der Waals surface area (Å²) in [7, 11) is 0. The molecule has 1 aromatic carbocycles. The zero-order valence-electron chi connectivity index (χ0n) is 9.33. The minimum atomic E-state index is -0.191. The maximum absolute atomic E-state index is 13.5. The van der Waals surface area contributed by atoms with Crippen LogP contribution in [0.3, 0.4) is 0 Å². The van der Waals surface area contributed by atoms with Crippen molar-refractivity contribution >= 4 is 0 Å². The van der Waals surface area contributed by atoms with Crippen molar-refractivity contribution in [1.82, 2.24) is 5.32 Å². The molecular weight excluding hydrogens is 191 g/mol. The van der Waals surface area contributed by atoms with Crippen molar-refractivity contribution in [1.29, 1.82) is 0 Å². The molecule has 2 atom stereocenters. The van der Waals surface area contributed by atoms with Crippen molar-refractivity contribution in [3.63, 3.8) is 0 Å². The molecule has 0 aliphatic rings. The topological polar surface area (TPSA) is 38.0 Å². The first kappa shape index (κ1) is 12.1. The van der Waals surface area contributed by atoms with Gasteiger partial charge in [0, 0.05) is 24.2 Å². The number of benzene rings is 1. The number of hydrogen-bond acceptors (Lipinski definition) is 2. The third kappa shape index (κ3) is 3.29. The number of halogens is 1. The Morgan fingerprint density at radius 3 is 2.60 bits per heavy atom. The van der Waals surface area contributed by atoms with Crippen LogP contribution in [0.1, 0.15) is 31.9 Å². The largest absolute Gasteiger partial charge is 0.329 e. The maximum atomic E-state index is 13.5. The average Bonchev–Trinajstić information content (AvgIpc) is 2.26. The number of rotatable bonds is 5. The average molecular weight is 210 g/mol. The van der Waals surface area contributed by atoms with E-state index >= 15 is 0 Å². The van der Waals surface area contributed by atoms with E-state index in [0.717, 1.165) is 6.42 Å². The van der Waals surface area contributed by atoms with Crippen LogP contribution < -0.4 is 11.1 Å². The highest BCUT2D eigenvalue weighted by atomic mass is 19.1. The van der Waals surface area contributed by atoms with Gasteiger partial charge in [0.25, 0.3) is 0 Å². The molecule has 0 amide bonds. The predicted molar refractivity (Wildman–Crippen MR) is 61.1 cm³/mol. The van der Waals surface area contributed by atoms with Crippen LogP contribution in [0.15, 0.2) is 24.3 Å². The normalized spacial score (nSPS) is 14.9. The van der Waals surface area contributed by atoms with E-state index in [9.17, 15) is 4.39 Å². The third-order valence-corrected chi connectivity index (χ3v) is 2.61. The summed E-state index contributed by atoms with van der Waals surface area (Å²) in [5, 5.41) is 3.31. The van der Waals surface area contributed by atoms with Crippen molar-refractivity contribution in [2.24, 2.45) is 5.73 Å². The van der Waals surface area contributed by atoms with E-state index in [1.807, 2.05) is 6.07 Å². The van der Waals surface area contributed by atoms with Gasteiger partial charge in [0.2, 0.25) is 0 Å². The lowest BCUT2D eigenvalue weighted by Crippen LogP contribution is -2.35. The first-order valence-corrected chi connectivity index (χ1v) is 5.39. The Bertz CT molecular complexity index is 301. The molecule has 0 saturated heterocycles. The van der Waals surface area contributed by atoms with Crippen LogP contribution in [0.2, 0.25) is 0 Å². The van der Waals surface area contributed by atoms with Gasteiger partial charge in [0.1, 0.15) is 5.82 Å². The van der Waals surface area contributed by atoms with E-state index in [1.165, 1.54) is 6.07 Å². The van der Waals surface area contributed by atoms with Gasteiger partial charge in [-0.25, -0.2) is 4.39 Å². The van der Waals surface area contributed by atoms with Crippen LogP contribution in [0.4, 0.5) is 4.39 Å². The molecule has 0 aliphatic heterocycles. The summed E-state index contributed by atoms with van der Waals surface area (Å²) in [5.74, 6) is -0.191. The van der Waals surface area contributed by atoms with E-state index in [1.54, 1.807) is 12.1 Å². The first-order valence-electron chi connectivity index (χ1n) is 5.39. The molecule has 0 fully saturated rings. The summed E-state index contributed by atoms with van der Waals surface area (Å²) in [6.45, 7) is 4.57. The number of nitrogens with one attached hydrogen (secondary N) is 1. The van der Waals surface area contributed by atoms with Gasteiger partial charge in [0.15, 0.2) is 0 Å². The summed E-state index contributed by atoms with van der Waals surface area (Å²) in [4.78, 5) is 0. The summed E-state index contributed by atoms with van der Waals surface area (Å²) in [6.07, 6.45) is 1.00. The lowest BCUT2D eigenvalue weighted by Gasteiger charge is -2.22. The Hall–Kier alpha value is -0.930. The van der Waals surface area contributed by atoms with Crippen molar-refractivity contribution in [3.05, 3.63) is 35.6 Å². The van der Waals surface area contributed by atoms with Gasteiger partial charge in [-0.15, -0.1) is 0 Å². The van der Waals surface area contributed by atoms with Crippen LogP contribution >= 0.6 is 0 Å². The molecule has 2 nitrogen and oxygen atoms in total.